The van der Waals surface area contributed by atoms with E-state index in [2.05, 4.69) is 26.9 Å². The second-order valence-corrected chi connectivity index (χ2v) is 6.62. The van der Waals surface area contributed by atoms with Crippen molar-refractivity contribution >= 4 is 11.7 Å². The fourth-order valence-electron chi connectivity index (χ4n) is 3.04. The van der Waals surface area contributed by atoms with Gasteiger partial charge in [-0.3, -0.25) is 4.79 Å². The molecule has 0 bridgehead atoms. The van der Waals surface area contributed by atoms with E-state index in [1.54, 1.807) is 19.2 Å². The number of allylic oxidation sites excluding steroid dienone is 1. The Bertz CT molecular complexity index is 770. The predicted octanol–water partition coefficient (Wildman–Crippen LogP) is 3.72. The van der Waals surface area contributed by atoms with Crippen LogP contribution in [0.3, 0.4) is 0 Å². The molecule has 1 aliphatic carbocycles. The molecule has 0 atom stereocenters. The van der Waals surface area contributed by atoms with Gasteiger partial charge in [-0.05, 0) is 61.9 Å². The number of nitrogens with one attached hydrogen (secondary N) is 2. The van der Waals surface area contributed by atoms with Gasteiger partial charge in [0.15, 0.2) is 5.69 Å². The van der Waals surface area contributed by atoms with Gasteiger partial charge in [0, 0.05) is 13.1 Å². The highest BCUT2D eigenvalue weighted by Gasteiger charge is 2.09. The molecule has 1 aliphatic rings. The number of nitrogens with zero attached hydrogens (tertiary/aromatic N) is 2. The Hall–Kier alpha value is -2.89. The number of hydrogen-bond donors (Lipinski definition) is 2. The Morgan fingerprint density at radius 3 is 2.63 bits per heavy atom. The molecule has 142 valence electrons. The molecular formula is C21H26N4O2. The summed E-state index contributed by atoms with van der Waals surface area (Å²) in [5.41, 5.74) is 2.89. The lowest BCUT2D eigenvalue weighted by molar-refractivity contribution is 0.0948. The van der Waals surface area contributed by atoms with Gasteiger partial charge in [-0.1, -0.05) is 23.8 Å². The van der Waals surface area contributed by atoms with Crippen molar-refractivity contribution in [2.45, 2.75) is 38.6 Å². The van der Waals surface area contributed by atoms with Crippen LogP contribution in [-0.4, -0.2) is 29.8 Å². The molecule has 1 aromatic carbocycles. The molecule has 0 saturated heterocycles. The van der Waals surface area contributed by atoms with Gasteiger partial charge in [-0.2, -0.15) is 0 Å². The molecular weight excluding hydrogens is 340 g/mol. The van der Waals surface area contributed by atoms with Crippen LogP contribution in [0.4, 0.5) is 5.82 Å². The lowest BCUT2D eigenvalue weighted by Crippen LogP contribution is -2.26. The van der Waals surface area contributed by atoms with Crippen molar-refractivity contribution in [3.8, 4) is 5.75 Å². The molecule has 2 N–H and O–H groups in total. The molecule has 0 fully saturated rings. The zero-order valence-corrected chi connectivity index (χ0v) is 15.7. The third kappa shape index (κ3) is 5.81. The van der Waals surface area contributed by atoms with E-state index in [-0.39, 0.29) is 5.91 Å². The summed E-state index contributed by atoms with van der Waals surface area (Å²) in [4.78, 5) is 12.2. The summed E-state index contributed by atoms with van der Waals surface area (Å²) in [5.74, 6) is 1.28. The first-order valence-corrected chi connectivity index (χ1v) is 9.41. The van der Waals surface area contributed by atoms with Gasteiger partial charge >= 0.3 is 0 Å². The number of ether oxygens (including phenoxy) is 1. The average molecular weight is 366 g/mol. The largest absolute Gasteiger partial charge is 0.497 e. The number of methoxy groups -OCH3 is 1. The monoisotopic (exact) mass is 366 g/mol. The Labute approximate surface area is 160 Å². The second kappa shape index (κ2) is 9.71. The first-order chi connectivity index (χ1) is 13.2. The molecule has 1 amide bonds. The summed E-state index contributed by atoms with van der Waals surface area (Å²) in [5, 5.41) is 14.2. The molecule has 6 heteroatoms. The first-order valence-electron chi connectivity index (χ1n) is 9.41. The van der Waals surface area contributed by atoms with Crippen molar-refractivity contribution in [2.24, 2.45) is 0 Å². The molecule has 1 heterocycles. The van der Waals surface area contributed by atoms with Crippen LogP contribution in [0.15, 0.2) is 48.0 Å². The Balaban J connectivity index is 1.44. The van der Waals surface area contributed by atoms with E-state index < -0.39 is 0 Å². The third-order valence-electron chi connectivity index (χ3n) is 4.65. The van der Waals surface area contributed by atoms with Gasteiger partial charge in [-0.25, -0.2) is 0 Å². The van der Waals surface area contributed by atoms with E-state index in [0.717, 1.165) is 24.2 Å². The molecule has 1 aromatic heterocycles. The van der Waals surface area contributed by atoms with Gasteiger partial charge in [0.1, 0.15) is 11.6 Å². The normalized spacial score (nSPS) is 13.6. The fraction of sp³-hybridized carbons (Fsp3) is 0.381. The number of aromatic nitrogens is 2. The molecule has 0 aliphatic heterocycles. The van der Waals surface area contributed by atoms with Crippen LogP contribution >= 0.6 is 0 Å². The number of rotatable bonds is 8. The minimum absolute atomic E-state index is 0.180. The fourth-order valence-corrected chi connectivity index (χ4v) is 3.04. The minimum Gasteiger partial charge on any atom is -0.497 e. The quantitative estimate of drug-likeness (QED) is 0.697. The van der Waals surface area contributed by atoms with Crippen LogP contribution in [0, 0.1) is 0 Å². The van der Waals surface area contributed by atoms with E-state index in [9.17, 15) is 4.79 Å². The third-order valence-corrected chi connectivity index (χ3v) is 4.65. The highest BCUT2D eigenvalue weighted by atomic mass is 16.5. The Morgan fingerprint density at radius 1 is 1.11 bits per heavy atom. The predicted molar refractivity (Wildman–Crippen MR) is 106 cm³/mol. The van der Waals surface area contributed by atoms with Crippen molar-refractivity contribution in [3.05, 3.63) is 59.3 Å². The van der Waals surface area contributed by atoms with Crippen LogP contribution in [0.5, 0.6) is 5.75 Å². The molecule has 0 unspecified atom stereocenters. The summed E-state index contributed by atoms with van der Waals surface area (Å²) < 4.78 is 5.15. The molecule has 0 saturated carbocycles. The van der Waals surface area contributed by atoms with E-state index in [4.69, 9.17) is 4.74 Å². The zero-order valence-electron chi connectivity index (χ0n) is 15.7. The van der Waals surface area contributed by atoms with Crippen molar-refractivity contribution in [1.29, 1.82) is 0 Å². The number of benzene rings is 1. The molecule has 27 heavy (non-hydrogen) atoms. The molecule has 0 spiro atoms. The molecule has 0 radical (unpaired) electrons. The van der Waals surface area contributed by atoms with Gasteiger partial charge in [-0.15, -0.1) is 10.2 Å². The molecule has 3 rings (SSSR count). The van der Waals surface area contributed by atoms with Gasteiger partial charge in [0.2, 0.25) is 0 Å². The second-order valence-electron chi connectivity index (χ2n) is 6.62. The van der Waals surface area contributed by atoms with Gasteiger partial charge in [0.05, 0.1) is 7.11 Å². The van der Waals surface area contributed by atoms with Crippen molar-refractivity contribution < 1.29 is 9.53 Å². The van der Waals surface area contributed by atoms with Crippen molar-refractivity contribution in [3.63, 3.8) is 0 Å². The summed E-state index contributed by atoms with van der Waals surface area (Å²) in [7, 11) is 1.65. The Kier molecular flexibility index (Phi) is 6.79. The number of hydrogen-bond acceptors (Lipinski definition) is 5. The summed E-state index contributed by atoms with van der Waals surface area (Å²) in [6, 6.07) is 11.3. The Morgan fingerprint density at radius 2 is 1.96 bits per heavy atom. The zero-order chi connectivity index (χ0) is 18.9. The molecule has 6 nitrogen and oxygen atoms in total. The van der Waals surface area contributed by atoms with E-state index in [1.165, 1.54) is 24.8 Å². The lowest BCUT2D eigenvalue weighted by Gasteiger charge is -2.12. The van der Waals surface area contributed by atoms with Crippen LogP contribution in [0.25, 0.3) is 0 Å². The smallest absolute Gasteiger partial charge is 0.271 e. The van der Waals surface area contributed by atoms with Gasteiger partial charge in [0.25, 0.3) is 5.91 Å². The minimum atomic E-state index is -0.180. The SMILES string of the molecule is COc1ccc(CNc2ccc(C(=O)NCCC3=CCCCC3)nn2)cc1. The van der Waals surface area contributed by atoms with Crippen LogP contribution < -0.4 is 15.4 Å². The number of carbonyl (C=O) groups is 1. The van der Waals surface area contributed by atoms with E-state index >= 15 is 0 Å². The highest BCUT2D eigenvalue weighted by molar-refractivity contribution is 5.92. The molecule has 2 aromatic rings. The van der Waals surface area contributed by atoms with E-state index in [1.807, 2.05) is 24.3 Å². The summed E-state index contributed by atoms with van der Waals surface area (Å²) in [6.45, 7) is 1.27. The standard InChI is InChI=1S/C21H26N4O2/c1-27-18-9-7-17(8-10-18)15-23-20-12-11-19(24-25-20)21(26)22-14-13-16-5-3-2-4-6-16/h5,7-12H,2-4,6,13-15H2,1H3,(H,22,26)(H,23,25). The number of amides is 1. The maximum absolute atomic E-state index is 12.2. The van der Waals surface area contributed by atoms with Crippen molar-refractivity contribution in [2.75, 3.05) is 19.0 Å². The lowest BCUT2D eigenvalue weighted by atomic mass is 9.97. The number of anilines is 1. The number of carbonyl (C=O) groups excluding carboxylic acids is 1. The topological polar surface area (TPSA) is 76.1 Å². The van der Waals surface area contributed by atoms with E-state index in [0.29, 0.717) is 24.6 Å². The van der Waals surface area contributed by atoms with Crippen LogP contribution in [0.1, 0.15) is 48.2 Å². The maximum atomic E-state index is 12.2. The average Bonchev–Trinajstić information content (AvgIpc) is 2.73. The first kappa shape index (κ1) is 18.9. The summed E-state index contributed by atoms with van der Waals surface area (Å²) in [6.07, 6.45) is 8.09. The highest BCUT2D eigenvalue weighted by Crippen LogP contribution is 2.19. The maximum Gasteiger partial charge on any atom is 0.271 e. The van der Waals surface area contributed by atoms with Crippen molar-refractivity contribution in [1.82, 2.24) is 15.5 Å². The van der Waals surface area contributed by atoms with Crippen LogP contribution in [-0.2, 0) is 6.54 Å². The van der Waals surface area contributed by atoms with Gasteiger partial charge < -0.3 is 15.4 Å². The summed E-state index contributed by atoms with van der Waals surface area (Å²) >= 11 is 0. The van der Waals surface area contributed by atoms with Crippen LogP contribution in [0.2, 0.25) is 0 Å².